The first-order chi connectivity index (χ1) is 7.91. The maximum atomic E-state index is 8.55. The van der Waals surface area contributed by atoms with Crippen LogP contribution in [0.2, 0.25) is 0 Å². The van der Waals surface area contributed by atoms with Gasteiger partial charge in [0.2, 0.25) is 0 Å². The standard InChI is InChI=1S/C15H28O/c1-2-3-4-5-6-7-8-9-10-11-12-13-14-15-16/h10-13,16H,2-9,14-15H2,1H3/b11-10+,13-12+. The summed E-state index contributed by atoms with van der Waals surface area (Å²) in [4.78, 5) is 0. The van der Waals surface area contributed by atoms with Crippen molar-refractivity contribution < 1.29 is 5.11 Å². The van der Waals surface area contributed by atoms with Gasteiger partial charge in [-0.15, -0.1) is 0 Å². The van der Waals surface area contributed by atoms with Crippen LogP contribution in [0.3, 0.4) is 0 Å². The highest BCUT2D eigenvalue weighted by Crippen LogP contribution is 2.08. The zero-order chi connectivity index (χ0) is 11.9. The SMILES string of the molecule is CCCCCCCCC/C=C/C=C/CCO. The molecule has 0 aliphatic heterocycles. The molecule has 0 aromatic heterocycles. The van der Waals surface area contributed by atoms with E-state index in [4.69, 9.17) is 5.11 Å². The first-order valence-electron chi connectivity index (χ1n) is 6.84. The number of unbranched alkanes of at least 4 members (excludes halogenated alkanes) is 7. The molecule has 0 unspecified atom stereocenters. The third-order valence-corrected chi connectivity index (χ3v) is 2.65. The molecule has 0 aromatic carbocycles. The Morgan fingerprint density at radius 3 is 1.94 bits per heavy atom. The molecule has 0 amide bonds. The van der Waals surface area contributed by atoms with Crippen molar-refractivity contribution in [1.82, 2.24) is 0 Å². The van der Waals surface area contributed by atoms with Gasteiger partial charge in [-0.3, -0.25) is 0 Å². The molecule has 0 spiro atoms. The van der Waals surface area contributed by atoms with Crippen molar-refractivity contribution >= 4 is 0 Å². The van der Waals surface area contributed by atoms with Gasteiger partial charge in [0.25, 0.3) is 0 Å². The molecule has 94 valence electrons. The summed E-state index contributed by atoms with van der Waals surface area (Å²) in [5.41, 5.74) is 0. The molecule has 16 heavy (non-hydrogen) atoms. The van der Waals surface area contributed by atoms with Crippen LogP contribution in [0.4, 0.5) is 0 Å². The molecule has 0 atom stereocenters. The van der Waals surface area contributed by atoms with Crippen LogP contribution in [0.25, 0.3) is 0 Å². The van der Waals surface area contributed by atoms with Gasteiger partial charge < -0.3 is 5.11 Å². The molecule has 0 saturated heterocycles. The molecule has 1 N–H and O–H groups in total. The van der Waals surface area contributed by atoms with Crippen molar-refractivity contribution in [1.29, 1.82) is 0 Å². The van der Waals surface area contributed by atoms with Crippen molar-refractivity contribution in [2.75, 3.05) is 6.61 Å². The maximum absolute atomic E-state index is 8.55. The first kappa shape index (κ1) is 15.4. The van der Waals surface area contributed by atoms with Crippen LogP contribution in [0.5, 0.6) is 0 Å². The van der Waals surface area contributed by atoms with E-state index in [0.29, 0.717) is 0 Å². The zero-order valence-corrected chi connectivity index (χ0v) is 10.8. The molecular weight excluding hydrogens is 196 g/mol. The highest BCUT2D eigenvalue weighted by molar-refractivity contribution is 5.02. The Hall–Kier alpha value is -0.560. The quantitative estimate of drug-likeness (QED) is 0.401. The molecule has 1 nitrogen and oxygen atoms in total. The van der Waals surface area contributed by atoms with E-state index in [1.807, 2.05) is 12.2 Å². The summed E-state index contributed by atoms with van der Waals surface area (Å²) in [6.07, 6.45) is 19.9. The highest BCUT2D eigenvalue weighted by atomic mass is 16.2. The number of hydrogen-bond acceptors (Lipinski definition) is 1. The van der Waals surface area contributed by atoms with Gasteiger partial charge in [0, 0.05) is 6.61 Å². The lowest BCUT2D eigenvalue weighted by Gasteiger charge is -1.98. The van der Waals surface area contributed by atoms with Crippen LogP contribution < -0.4 is 0 Å². The lowest BCUT2D eigenvalue weighted by molar-refractivity contribution is 0.302. The third kappa shape index (κ3) is 13.4. The average molecular weight is 224 g/mol. The smallest absolute Gasteiger partial charge is 0.0465 e. The zero-order valence-electron chi connectivity index (χ0n) is 10.8. The first-order valence-corrected chi connectivity index (χ1v) is 6.84. The number of hydrogen-bond donors (Lipinski definition) is 1. The molecule has 0 saturated carbocycles. The van der Waals surface area contributed by atoms with Gasteiger partial charge in [-0.2, -0.15) is 0 Å². The summed E-state index contributed by atoms with van der Waals surface area (Å²) < 4.78 is 0. The second-order valence-electron chi connectivity index (χ2n) is 4.28. The van der Waals surface area contributed by atoms with E-state index < -0.39 is 0 Å². The topological polar surface area (TPSA) is 20.2 Å². The minimum atomic E-state index is 0.252. The van der Waals surface area contributed by atoms with Gasteiger partial charge in [0.1, 0.15) is 0 Å². The second-order valence-corrected chi connectivity index (χ2v) is 4.28. The fraction of sp³-hybridized carbons (Fsp3) is 0.733. The molecule has 1 heteroatoms. The summed E-state index contributed by atoms with van der Waals surface area (Å²) in [5.74, 6) is 0. The largest absolute Gasteiger partial charge is 0.396 e. The third-order valence-electron chi connectivity index (χ3n) is 2.65. The van der Waals surface area contributed by atoms with Crippen molar-refractivity contribution in [3.05, 3.63) is 24.3 Å². The minimum Gasteiger partial charge on any atom is -0.396 e. The van der Waals surface area contributed by atoms with Gasteiger partial charge in [-0.1, -0.05) is 69.8 Å². The van der Waals surface area contributed by atoms with E-state index in [2.05, 4.69) is 19.1 Å². The second kappa shape index (κ2) is 14.4. The summed E-state index contributed by atoms with van der Waals surface area (Å²) >= 11 is 0. The van der Waals surface area contributed by atoms with E-state index in [1.54, 1.807) is 0 Å². The van der Waals surface area contributed by atoms with E-state index >= 15 is 0 Å². The Bertz CT molecular complexity index is 170. The number of aliphatic hydroxyl groups is 1. The minimum absolute atomic E-state index is 0.252. The molecule has 0 aliphatic rings. The van der Waals surface area contributed by atoms with Crippen molar-refractivity contribution in [2.24, 2.45) is 0 Å². The number of allylic oxidation sites excluding steroid dienone is 3. The van der Waals surface area contributed by atoms with Crippen LogP contribution in [-0.2, 0) is 0 Å². The Morgan fingerprint density at radius 2 is 1.31 bits per heavy atom. The van der Waals surface area contributed by atoms with Crippen LogP contribution in [0.1, 0.15) is 64.7 Å². The summed E-state index contributed by atoms with van der Waals surface area (Å²) in [7, 11) is 0. The molecule has 0 aromatic rings. The molecular formula is C15H28O. The summed E-state index contributed by atoms with van der Waals surface area (Å²) in [6, 6.07) is 0. The van der Waals surface area contributed by atoms with E-state index in [0.717, 1.165) is 6.42 Å². The van der Waals surface area contributed by atoms with Crippen LogP contribution in [0.15, 0.2) is 24.3 Å². The molecule has 0 aliphatic carbocycles. The van der Waals surface area contributed by atoms with Crippen LogP contribution in [-0.4, -0.2) is 11.7 Å². The molecule has 0 fully saturated rings. The van der Waals surface area contributed by atoms with E-state index in [9.17, 15) is 0 Å². The molecule has 0 bridgehead atoms. The number of rotatable bonds is 11. The summed E-state index contributed by atoms with van der Waals surface area (Å²) in [6.45, 7) is 2.51. The van der Waals surface area contributed by atoms with Crippen molar-refractivity contribution in [3.8, 4) is 0 Å². The fourth-order valence-electron chi connectivity index (χ4n) is 1.64. The Labute approximate surface area is 101 Å². The summed E-state index contributed by atoms with van der Waals surface area (Å²) in [5, 5.41) is 8.55. The lowest BCUT2D eigenvalue weighted by Crippen LogP contribution is -1.78. The predicted molar refractivity (Wildman–Crippen MR) is 72.6 cm³/mol. The van der Waals surface area contributed by atoms with Crippen LogP contribution in [0, 0.1) is 0 Å². The molecule has 0 heterocycles. The van der Waals surface area contributed by atoms with Gasteiger partial charge in [-0.25, -0.2) is 0 Å². The van der Waals surface area contributed by atoms with Gasteiger partial charge in [0.15, 0.2) is 0 Å². The Balaban J connectivity index is 3.08. The maximum Gasteiger partial charge on any atom is 0.0465 e. The predicted octanol–water partition coefficient (Wildman–Crippen LogP) is 4.62. The lowest BCUT2D eigenvalue weighted by atomic mass is 10.1. The van der Waals surface area contributed by atoms with Gasteiger partial charge >= 0.3 is 0 Å². The molecule has 0 radical (unpaired) electrons. The normalized spacial score (nSPS) is 11.9. The number of aliphatic hydroxyl groups excluding tert-OH is 1. The van der Waals surface area contributed by atoms with Gasteiger partial charge in [0.05, 0.1) is 0 Å². The van der Waals surface area contributed by atoms with E-state index in [1.165, 1.54) is 51.4 Å². The van der Waals surface area contributed by atoms with Crippen molar-refractivity contribution in [3.63, 3.8) is 0 Å². The Kier molecular flexibility index (Phi) is 13.9. The van der Waals surface area contributed by atoms with Gasteiger partial charge in [-0.05, 0) is 19.3 Å². The van der Waals surface area contributed by atoms with Crippen LogP contribution >= 0.6 is 0 Å². The van der Waals surface area contributed by atoms with E-state index in [-0.39, 0.29) is 6.61 Å². The molecule has 0 rings (SSSR count). The fourth-order valence-corrected chi connectivity index (χ4v) is 1.64. The average Bonchev–Trinajstić information content (AvgIpc) is 2.31. The monoisotopic (exact) mass is 224 g/mol. The van der Waals surface area contributed by atoms with Crippen molar-refractivity contribution in [2.45, 2.75) is 64.7 Å². The highest BCUT2D eigenvalue weighted by Gasteiger charge is 1.88. The Morgan fingerprint density at radius 1 is 0.750 bits per heavy atom.